The fraction of sp³-hybridized carbons (Fsp3) is 0.780. The molecule has 0 saturated heterocycles. The van der Waals surface area contributed by atoms with Gasteiger partial charge >= 0.3 is 17.9 Å². The third kappa shape index (κ3) is 23.6. The van der Waals surface area contributed by atoms with Crippen LogP contribution in [0.25, 0.3) is 0 Å². The van der Waals surface area contributed by atoms with Gasteiger partial charge in [-0.3, -0.25) is 0 Å². The zero-order chi connectivity index (χ0) is 41.3. The minimum absolute atomic E-state index is 0.117. The van der Waals surface area contributed by atoms with E-state index in [0.717, 1.165) is 63.7 Å². The molecule has 6 heteroatoms. The number of benzene rings is 1. The molecule has 1 aromatic carbocycles. The fourth-order valence-corrected chi connectivity index (χ4v) is 8.12. The Bertz CT molecular complexity index is 1160. The highest BCUT2D eigenvalue weighted by Gasteiger charge is 2.39. The summed E-state index contributed by atoms with van der Waals surface area (Å²) in [6.07, 6.45) is 35.1. The topological polar surface area (TPSA) is 89.9 Å². The number of unbranched alkanes of at least 4 members (excludes halogenated alkanes) is 18. The van der Waals surface area contributed by atoms with Gasteiger partial charge in [0.15, 0.2) is 0 Å². The normalized spacial score (nSPS) is 16.6. The summed E-state index contributed by atoms with van der Waals surface area (Å²) in [5.74, 6) is -0.139. The van der Waals surface area contributed by atoms with E-state index < -0.39 is 17.9 Å². The molecule has 0 amide bonds. The maximum atomic E-state index is 12.4. The van der Waals surface area contributed by atoms with E-state index in [9.17, 15) is 19.5 Å². The largest absolute Gasteiger partial charge is 0.478 e. The van der Waals surface area contributed by atoms with Crippen molar-refractivity contribution < 1.29 is 29.0 Å². The summed E-state index contributed by atoms with van der Waals surface area (Å²) in [4.78, 5) is 36.4. The maximum Gasteiger partial charge on any atom is 0.339 e. The molecule has 1 N–H and O–H groups in total. The number of hydrogen-bond acceptors (Lipinski definition) is 5. The Balaban J connectivity index is 0.000000561. The first-order valence-corrected chi connectivity index (χ1v) is 23.5. The molecule has 0 aliphatic heterocycles. The second kappa shape index (κ2) is 33.4. The van der Waals surface area contributed by atoms with E-state index in [4.69, 9.17) is 9.47 Å². The van der Waals surface area contributed by atoms with Crippen LogP contribution in [0, 0.1) is 17.3 Å². The van der Waals surface area contributed by atoms with Crippen molar-refractivity contribution in [2.24, 2.45) is 17.3 Å². The van der Waals surface area contributed by atoms with Crippen molar-refractivity contribution in [2.75, 3.05) is 13.2 Å². The molecule has 6 nitrogen and oxygen atoms in total. The summed E-state index contributed by atoms with van der Waals surface area (Å²) in [7, 11) is 0. The number of hydrogen-bond donors (Lipinski definition) is 1. The number of esters is 2. The molecule has 322 valence electrons. The van der Waals surface area contributed by atoms with Crippen molar-refractivity contribution in [1.29, 1.82) is 0 Å². The van der Waals surface area contributed by atoms with Crippen molar-refractivity contribution in [3.05, 3.63) is 47.5 Å². The standard InChI is InChI=1S/C25H40O4.C25H46O2/c1-4-5-6-7-8-9-14-19-28-24(26)22-17-12-13-18-23(22)25(27)29-20-15-10-11-16-21(2)3;1-4-6-8-10-12-14-16-23-17-20-25(21-18-23,22(3)24(26)27)19-15-13-11-9-7-5-2/h12-13,17-18,21H,4-11,14-16,19-20H2,1-3H3;23H,3-21H2,1-2H3,(H,26,27). The van der Waals surface area contributed by atoms with Crippen molar-refractivity contribution in [2.45, 2.75) is 221 Å². The molecular formula is C50H86O6. The average molecular weight is 783 g/mol. The Morgan fingerprint density at radius 2 is 1.05 bits per heavy atom. The van der Waals surface area contributed by atoms with Crippen LogP contribution in [0.1, 0.15) is 242 Å². The Hall–Kier alpha value is -2.63. The van der Waals surface area contributed by atoms with Crippen LogP contribution in [-0.2, 0) is 14.3 Å². The highest BCUT2D eigenvalue weighted by molar-refractivity contribution is 6.03. The van der Waals surface area contributed by atoms with E-state index in [2.05, 4.69) is 41.2 Å². The molecule has 56 heavy (non-hydrogen) atoms. The molecule has 0 atom stereocenters. The Labute approximate surface area is 344 Å². The number of aliphatic carboxylic acids is 1. The Kier molecular flexibility index (Phi) is 30.6. The summed E-state index contributed by atoms with van der Waals surface area (Å²) < 4.78 is 10.7. The maximum absolute atomic E-state index is 12.4. The van der Waals surface area contributed by atoms with Gasteiger partial charge in [0.25, 0.3) is 0 Å². The summed E-state index contributed by atoms with van der Waals surface area (Å²) in [5, 5.41) is 9.58. The van der Waals surface area contributed by atoms with Gasteiger partial charge in [-0.1, -0.05) is 195 Å². The van der Waals surface area contributed by atoms with Crippen LogP contribution in [-0.4, -0.2) is 36.2 Å². The van der Waals surface area contributed by atoms with Crippen LogP contribution in [0.5, 0.6) is 0 Å². The molecule has 0 spiro atoms. The third-order valence-corrected chi connectivity index (χ3v) is 11.9. The summed E-state index contributed by atoms with van der Waals surface area (Å²) in [6.45, 7) is 15.9. The lowest BCUT2D eigenvalue weighted by Crippen LogP contribution is -2.32. The monoisotopic (exact) mass is 783 g/mol. The van der Waals surface area contributed by atoms with Crippen molar-refractivity contribution in [1.82, 2.24) is 0 Å². The van der Waals surface area contributed by atoms with Gasteiger partial charge in [0, 0.05) is 11.0 Å². The smallest absolute Gasteiger partial charge is 0.339 e. The van der Waals surface area contributed by atoms with Crippen LogP contribution in [0.4, 0.5) is 0 Å². The lowest BCUT2D eigenvalue weighted by Gasteiger charge is -2.41. The number of carboxylic acids is 1. The Morgan fingerprint density at radius 1 is 0.643 bits per heavy atom. The molecule has 0 bridgehead atoms. The molecule has 1 aliphatic rings. The molecule has 1 fully saturated rings. The highest BCUT2D eigenvalue weighted by atomic mass is 16.5. The first kappa shape index (κ1) is 51.4. The number of carbonyl (C=O) groups is 3. The quantitative estimate of drug-likeness (QED) is 0.0445. The van der Waals surface area contributed by atoms with Gasteiger partial charge in [0.1, 0.15) is 0 Å². The molecule has 0 aromatic heterocycles. The van der Waals surface area contributed by atoms with Crippen LogP contribution >= 0.6 is 0 Å². The van der Waals surface area contributed by atoms with Gasteiger partial charge in [-0.25, -0.2) is 14.4 Å². The van der Waals surface area contributed by atoms with E-state index in [1.54, 1.807) is 24.3 Å². The van der Waals surface area contributed by atoms with Gasteiger partial charge in [-0.05, 0) is 68.9 Å². The number of carbonyl (C=O) groups excluding carboxylic acids is 2. The number of carboxylic acid groups (broad SMARTS) is 1. The summed E-state index contributed by atoms with van der Waals surface area (Å²) >= 11 is 0. The van der Waals surface area contributed by atoms with E-state index >= 15 is 0 Å². The molecule has 0 heterocycles. The third-order valence-electron chi connectivity index (χ3n) is 11.9. The second-order valence-electron chi connectivity index (χ2n) is 17.3. The Morgan fingerprint density at radius 3 is 1.50 bits per heavy atom. The fourth-order valence-electron chi connectivity index (χ4n) is 8.12. The van der Waals surface area contributed by atoms with Gasteiger partial charge in [0.05, 0.1) is 24.3 Å². The van der Waals surface area contributed by atoms with E-state index in [1.165, 1.54) is 128 Å². The lowest BCUT2D eigenvalue weighted by molar-refractivity contribution is -0.134. The molecule has 1 aromatic rings. The van der Waals surface area contributed by atoms with Crippen LogP contribution < -0.4 is 0 Å². The van der Waals surface area contributed by atoms with E-state index in [-0.39, 0.29) is 5.41 Å². The summed E-state index contributed by atoms with van der Waals surface area (Å²) in [6, 6.07) is 6.75. The lowest BCUT2D eigenvalue weighted by atomic mass is 9.63. The molecule has 1 aliphatic carbocycles. The molecule has 2 rings (SSSR count). The highest BCUT2D eigenvalue weighted by Crippen LogP contribution is 2.48. The summed E-state index contributed by atoms with van der Waals surface area (Å²) in [5.41, 5.74) is 0.961. The van der Waals surface area contributed by atoms with Gasteiger partial charge in [0.2, 0.25) is 0 Å². The van der Waals surface area contributed by atoms with Crippen LogP contribution in [0.3, 0.4) is 0 Å². The molecule has 1 saturated carbocycles. The molecule has 0 unspecified atom stereocenters. The number of ether oxygens (including phenoxy) is 2. The minimum Gasteiger partial charge on any atom is -0.478 e. The van der Waals surface area contributed by atoms with Crippen molar-refractivity contribution in [3.8, 4) is 0 Å². The van der Waals surface area contributed by atoms with E-state index in [0.29, 0.717) is 35.8 Å². The second-order valence-corrected chi connectivity index (χ2v) is 17.3. The SMILES string of the molecule is C=C(C(=O)O)C1(CCCCCCCC)CCC(CCCCCCCC)CC1.CCCCCCCCCOC(=O)c1ccccc1C(=O)OCCCCCC(C)C. The van der Waals surface area contributed by atoms with Gasteiger partial charge < -0.3 is 14.6 Å². The molecule has 0 radical (unpaired) electrons. The van der Waals surface area contributed by atoms with Crippen LogP contribution in [0.15, 0.2) is 36.4 Å². The minimum atomic E-state index is -0.768. The van der Waals surface area contributed by atoms with Gasteiger partial charge in [-0.15, -0.1) is 0 Å². The molecular weight excluding hydrogens is 697 g/mol. The number of rotatable bonds is 32. The van der Waals surface area contributed by atoms with Crippen molar-refractivity contribution >= 4 is 17.9 Å². The predicted octanol–water partition coefficient (Wildman–Crippen LogP) is 15.3. The van der Waals surface area contributed by atoms with Crippen LogP contribution in [0.2, 0.25) is 0 Å². The first-order valence-electron chi connectivity index (χ1n) is 23.5. The van der Waals surface area contributed by atoms with Crippen molar-refractivity contribution in [3.63, 3.8) is 0 Å². The zero-order valence-corrected chi connectivity index (χ0v) is 37.1. The van der Waals surface area contributed by atoms with E-state index in [1.807, 2.05) is 0 Å². The zero-order valence-electron chi connectivity index (χ0n) is 37.1. The van der Waals surface area contributed by atoms with Gasteiger partial charge in [-0.2, -0.15) is 0 Å². The predicted molar refractivity (Wildman–Crippen MR) is 235 cm³/mol. The first-order chi connectivity index (χ1) is 27.1. The average Bonchev–Trinajstić information content (AvgIpc) is 3.20.